The van der Waals surface area contributed by atoms with E-state index in [4.69, 9.17) is 17.3 Å². The molecule has 0 bridgehead atoms. The molecule has 1 aliphatic carbocycles. The molecule has 1 aliphatic rings. The molecule has 5 heteroatoms. The van der Waals surface area contributed by atoms with Crippen molar-refractivity contribution in [2.24, 2.45) is 5.73 Å². The van der Waals surface area contributed by atoms with E-state index in [0.717, 1.165) is 11.3 Å². The van der Waals surface area contributed by atoms with E-state index in [1.54, 1.807) is 6.92 Å². The molecule has 0 atom stereocenters. The molecule has 0 amide bonds. The van der Waals surface area contributed by atoms with Gasteiger partial charge in [0.15, 0.2) is 0 Å². The third-order valence-electron chi connectivity index (χ3n) is 2.95. The fraction of sp³-hybridized carbons (Fsp3) is 0.545. The molecule has 1 saturated carbocycles. The first-order valence-electron chi connectivity index (χ1n) is 5.04. The van der Waals surface area contributed by atoms with E-state index in [0.29, 0.717) is 5.56 Å². The van der Waals surface area contributed by atoms with Crippen LogP contribution in [0.15, 0.2) is 6.07 Å². The van der Waals surface area contributed by atoms with Gasteiger partial charge in [-0.3, -0.25) is 0 Å². The number of alkyl halides is 2. The molecule has 0 spiro atoms. The molecule has 0 aliphatic heterocycles. The zero-order valence-corrected chi connectivity index (χ0v) is 9.91. The van der Waals surface area contributed by atoms with Crippen LogP contribution in [0.3, 0.4) is 0 Å². The molecule has 1 aromatic rings. The molecule has 2 N–H and O–H groups in total. The molecule has 0 unspecified atom stereocenters. The van der Waals surface area contributed by atoms with Gasteiger partial charge in [0.1, 0.15) is 5.15 Å². The summed E-state index contributed by atoms with van der Waals surface area (Å²) in [6.07, 6.45) is -0.712. The number of nitrogens with two attached hydrogens (primary N) is 1. The van der Waals surface area contributed by atoms with Crippen LogP contribution in [0.4, 0.5) is 8.78 Å². The summed E-state index contributed by atoms with van der Waals surface area (Å²) in [5, 5.41) is 0.246. The Kier molecular flexibility index (Phi) is 2.48. The first-order chi connectivity index (χ1) is 7.23. The van der Waals surface area contributed by atoms with Gasteiger partial charge in [-0.1, -0.05) is 11.6 Å². The molecule has 0 aromatic carbocycles. The highest BCUT2D eigenvalue weighted by atomic mass is 35.5. The maximum absolute atomic E-state index is 12.9. The van der Waals surface area contributed by atoms with Crippen LogP contribution in [0.5, 0.6) is 0 Å². The van der Waals surface area contributed by atoms with E-state index in [1.807, 2.05) is 13.0 Å². The molecular formula is C11H13ClF2N2. The standard InChI is InChI=1S/C11H13ClF2N2/c1-6-3-7(2)16-9(12)8(6)10(15)4-11(13,14)5-10/h3H,4-5,15H2,1-2H3. The average Bonchev–Trinajstić information content (AvgIpc) is 1.95. The second-order valence-corrected chi connectivity index (χ2v) is 4.97. The second-order valence-electron chi connectivity index (χ2n) is 4.61. The highest BCUT2D eigenvalue weighted by molar-refractivity contribution is 6.30. The Morgan fingerprint density at radius 2 is 1.94 bits per heavy atom. The SMILES string of the molecule is Cc1cc(C)c(C2(N)CC(F)(F)C2)c(Cl)n1. The summed E-state index contributed by atoms with van der Waals surface area (Å²) in [6, 6.07) is 1.81. The normalized spacial score (nSPS) is 21.6. The largest absolute Gasteiger partial charge is 0.321 e. The van der Waals surface area contributed by atoms with Gasteiger partial charge in [0.05, 0.1) is 5.54 Å². The molecule has 2 rings (SSSR count). The van der Waals surface area contributed by atoms with E-state index in [9.17, 15) is 8.78 Å². The van der Waals surface area contributed by atoms with Gasteiger partial charge in [0.2, 0.25) is 0 Å². The molecule has 2 nitrogen and oxygen atoms in total. The lowest BCUT2D eigenvalue weighted by atomic mass is 9.69. The van der Waals surface area contributed by atoms with Crippen molar-refractivity contribution in [3.8, 4) is 0 Å². The summed E-state index contributed by atoms with van der Waals surface area (Å²) in [5.41, 5.74) is 7.08. The van der Waals surface area contributed by atoms with Gasteiger partial charge in [-0.25, -0.2) is 13.8 Å². The number of hydrogen-bond acceptors (Lipinski definition) is 2. The first-order valence-corrected chi connectivity index (χ1v) is 5.42. The number of nitrogens with zero attached hydrogens (tertiary/aromatic N) is 1. The van der Waals surface area contributed by atoms with Crippen LogP contribution in [0.2, 0.25) is 5.15 Å². The van der Waals surface area contributed by atoms with Crippen LogP contribution in [0.1, 0.15) is 29.7 Å². The van der Waals surface area contributed by atoms with Gasteiger partial charge >= 0.3 is 0 Å². The third kappa shape index (κ3) is 1.80. The van der Waals surface area contributed by atoms with Crippen molar-refractivity contribution in [3.05, 3.63) is 28.0 Å². The van der Waals surface area contributed by atoms with Gasteiger partial charge in [-0.05, 0) is 25.5 Å². The summed E-state index contributed by atoms with van der Waals surface area (Å²) in [7, 11) is 0. The van der Waals surface area contributed by atoms with Gasteiger partial charge in [0.25, 0.3) is 5.92 Å². The summed E-state index contributed by atoms with van der Waals surface area (Å²) in [5.74, 6) is -2.67. The summed E-state index contributed by atoms with van der Waals surface area (Å²) < 4.78 is 25.8. The van der Waals surface area contributed by atoms with Gasteiger partial charge < -0.3 is 5.73 Å². The van der Waals surface area contributed by atoms with Gasteiger partial charge in [-0.15, -0.1) is 0 Å². The zero-order chi connectivity index (χ0) is 12.1. The molecule has 0 saturated heterocycles. The maximum Gasteiger partial charge on any atom is 0.252 e. The molecule has 1 heterocycles. The van der Waals surface area contributed by atoms with Crippen molar-refractivity contribution >= 4 is 11.6 Å². The monoisotopic (exact) mass is 246 g/mol. The lowest BCUT2D eigenvalue weighted by molar-refractivity contribution is -0.125. The van der Waals surface area contributed by atoms with E-state index < -0.39 is 11.5 Å². The Hall–Kier alpha value is -0.740. The topological polar surface area (TPSA) is 38.9 Å². The van der Waals surface area contributed by atoms with Crippen molar-refractivity contribution in [1.29, 1.82) is 0 Å². The highest BCUT2D eigenvalue weighted by Gasteiger charge is 2.56. The second kappa shape index (κ2) is 3.37. The summed E-state index contributed by atoms with van der Waals surface area (Å²) >= 11 is 5.99. The fourth-order valence-corrected chi connectivity index (χ4v) is 2.91. The first kappa shape index (κ1) is 11.7. The van der Waals surface area contributed by atoms with E-state index in [-0.39, 0.29) is 18.0 Å². The molecular weight excluding hydrogens is 234 g/mol. The van der Waals surface area contributed by atoms with Crippen LogP contribution < -0.4 is 5.73 Å². The van der Waals surface area contributed by atoms with E-state index in [2.05, 4.69) is 4.98 Å². The van der Waals surface area contributed by atoms with E-state index >= 15 is 0 Å². The predicted molar refractivity (Wildman–Crippen MR) is 58.8 cm³/mol. The van der Waals surface area contributed by atoms with Crippen LogP contribution in [-0.4, -0.2) is 10.9 Å². The molecule has 1 aromatic heterocycles. The number of hydrogen-bond donors (Lipinski definition) is 1. The van der Waals surface area contributed by atoms with Crippen LogP contribution in [-0.2, 0) is 5.54 Å². The van der Waals surface area contributed by atoms with E-state index in [1.165, 1.54) is 0 Å². The fourth-order valence-electron chi connectivity index (χ4n) is 2.44. The van der Waals surface area contributed by atoms with Gasteiger partial charge in [0, 0.05) is 24.1 Å². The minimum atomic E-state index is -2.67. The van der Waals surface area contributed by atoms with Crippen LogP contribution in [0.25, 0.3) is 0 Å². The minimum Gasteiger partial charge on any atom is -0.321 e. The van der Waals surface area contributed by atoms with Gasteiger partial charge in [-0.2, -0.15) is 0 Å². The van der Waals surface area contributed by atoms with Crippen molar-refractivity contribution in [2.75, 3.05) is 0 Å². The Morgan fingerprint density at radius 1 is 1.38 bits per heavy atom. The Bertz CT molecular complexity index is 415. The Balaban J connectivity index is 2.43. The summed E-state index contributed by atoms with van der Waals surface area (Å²) in [4.78, 5) is 4.07. The zero-order valence-electron chi connectivity index (χ0n) is 9.15. The Morgan fingerprint density at radius 3 is 2.38 bits per heavy atom. The lowest BCUT2D eigenvalue weighted by Gasteiger charge is -2.45. The van der Waals surface area contributed by atoms with Crippen molar-refractivity contribution in [2.45, 2.75) is 38.2 Å². The van der Waals surface area contributed by atoms with Crippen LogP contribution in [0, 0.1) is 13.8 Å². The number of halogens is 3. The molecule has 16 heavy (non-hydrogen) atoms. The highest BCUT2D eigenvalue weighted by Crippen LogP contribution is 2.51. The summed E-state index contributed by atoms with van der Waals surface area (Å²) in [6.45, 7) is 3.63. The lowest BCUT2D eigenvalue weighted by Crippen LogP contribution is -2.56. The average molecular weight is 247 g/mol. The number of pyridine rings is 1. The number of rotatable bonds is 1. The van der Waals surface area contributed by atoms with Crippen LogP contribution >= 0.6 is 11.6 Å². The smallest absolute Gasteiger partial charge is 0.252 e. The minimum absolute atomic E-state index is 0.246. The third-order valence-corrected chi connectivity index (χ3v) is 3.22. The quantitative estimate of drug-likeness (QED) is 0.774. The van der Waals surface area contributed by atoms with Crippen molar-refractivity contribution in [3.63, 3.8) is 0 Å². The predicted octanol–water partition coefficient (Wildman–Crippen LogP) is 2.93. The number of aryl methyl sites for hydroxylation is 2. The molecule has 1 fully saturated rings. The molecule has 88 valence electrons. The van der Waals surface area contributed by atoms with Crippen molar-refractivity contribution in [1.82, 2.24) is 4.98 Å². The molecule has 0 radical (unpaired) electrons. The van der Waals surface area contributed by atoms with Crippen molar-refractivity contribution < 1.29 is 8.78 Å². The maximum atomic E-state index is 12.9. The number of aromatic nitrogens is 1. The Labute approximate surface area is 97.8 Å².